The van der Waals surface area contributed by atoms with Crippen LogP contribution in [0.3, 0.4) is 0 Å². The molecule has 7 nitrogen and oxygen atoms in total. The van der Waals surface area contributed by atoms with Gasteiger partial charge in [0, 0.05) is 18.2 Å². The molecule has 1 amide bonds. The lowest BCUT2D eigenvalue weighted by molar-refractivity contribution is -0.137. The predicted octanol–water partition coefficient (Wildman–Crippen LogP) is 3.72. The number of rotatable bonds is 6. The van der Waals surface area contributed by atoms with E-state index in [-0.39, 0.29) is 25.5 Å². The van der Waals surface area contributed by atoms with Gasteiger partial charge in [0.2, 0.25) is 0 Å². The SMILES string of the molecule is O=C(O)CCn1ccc(NC(=O)OCC2c3ccccc3-c3ccccc32)n1. The normalized spacial score (nSPS) is 12.3. The average Bonchev–Trinajstić information content (AvgIpc) is 3.27. The van der Waals surface area contributed by atoms with Crippen molar-refractivity contribution in [2.45, 2.75) is 18.9 Å². The third-order valence-electron chi connectivity index (χ3n) is 4.77. The molecule has 0 saturated carbocycles. The van der Waals surface area contributed by atoms with Crippen molar-refractivity contribution in [3.05, 3.63) is 71.9 Å². The maximum Gasteiger partial charge on any atom is 0.412 e. The van der Waals surface area contributed by atoms with Gasteiger partial charge in [-0.2, -0.15) is 5.10 Å². The molecular formula is C21H19N3O4. The fourth-order valence-corrected chi connectivity index (χ4v) is 3.50. The quantitative estimate of drug-likeness (QED) is 0.683. The number of fused-ring (bicyclic) bond motifs is 3. The molecule has 142 valence electrons. The highest BCUT2D eigenvalue weighted by Crippen LogP contribution is 2.44. The Morgan fingerprint density at radius 1 is 1.04 bits per heavy atom. The number of carboxylic acids is 1. The highest BCUT2D eigenvalue weighted by molar-refractivity contribution is 5.83. The third kappa shape index (κ3) is 3.59. The van der Waals surface area contributed by atoms with E-state index in [4.69, 9.17) is 9.84 Å². The van der Waals surface area contributed by atoms with Gasteiger partial charge in [0.1, 0.15) is 6.61 Å². The Hall–Kier alpha value is -3.61. The van der Waals surface area contributed by atoms with Crippen molar-refractivity contribution in [1.82, 2.24) is 9.78 Å². The van der Waals surface area contributed by atoms with Crippen LogP contribution in [0.2, 0.25) is 0 Å². The number of hydrogen-bond acceptors (Lipinski definition) is 4. The average molecular weight is 377 g/mol. The van der Waals surface area contributed by atoms with E-state index in [1.165, 1.54) is 15.8 Å². The number of carboxylic acid groups (broad SMARTS) is 1. The van der Waals surface area contributed by atoms with Crippen molar-refractivity contribution in [2.24, 2.45) is 0 Å². The van der Waals surface area contributed by atoms with Gasteiger partial charge in [-0.1, -0.05) is 48.5 Å². The fourth-order valence-electron chi connectivity index (χ4n) is 3.50. The predicted molar refractivity (Wildman–Crippen MR) is 103 cm³/mol. The molecule has 0 atom stereocenters. The molecule has 0 radical (unpaired) electrons. The number of ether oxygens (including phenoxy) is 1. The molecule has 0 unspecified atom stereocenters. The first kappa shape index (κ1) is 17.8. The first-order valence-corrected chi connectivity index (χ1v) is 8.99. The van der Waals surface area contributed by atoms with Crippen molar-refractivity contribution in [3.63, 3.8) is 0 Å². The second-order valence-corrected chi connectivity index (χ2v) is 6.56. The van der Waals surface area contributed by atoms with Crippen molar-refractivity contribution < 1.29 is 19.4 Å². The first-order chi connectivity index (χ1) is 13.6. The van der Waals surface area contributed by atoms with Crippen molar-refractivity contribution in [1.29, 1.82) is 0 Å². The minimum atomic E-state index is -0.901. The standard InChI is InChI=1S/C21H19N3O4/c25-20(26)10-12-24-11-9-19(23-24)22-21(27)28-13-18-16-7-3-1-5-14(16)15-6-2-4-8-17(15)18/h1-9,11,18H,10,12-13H2,(H,25,26)(H,22,23,27). The van der Waals surface area contributed by atoms with Crippen molar-refractivity contribution in [2.75, 3.05) is 11.9 Å². The van der Waals surface area contributed by atoms with E-state index >= 15 is 0 Å². The molecule has 0 bridgehead atoms. The summed E-state index contributed by atoms with van der Waals surface area (Å²) < 4.78 is 6.92. The van der Waals surface area contributed by atoms with Crippen LogP contribution in [0, 0.1) is 0 Å². The first-order valence-electron chi connectivity index (χ1n) is 8.99. The number of aryl methyl sites for hydroxylation is 1. The number of aromatic nitrogens is 2. The largest absolute Gasteiger partial charge is 0.481 e. The molecule has 2 aromatic carbocycles. The number of aliphatic carboxylic acids is 1. The van der Waals surface area contributed by atoms with Gasteiger partial charge in [-0.3, -0.25) is 14.8 Å². The zero-order chi connectivity index (χ0) is 19.5. The summed E-state index contributed by atoms with van der Waals surface area (Å²) in [6.45, 7) is 0.460. The molecule has 0 saturated heterocycles. The molecule has 2 N–H and O–H groups in total. The molecular weight excluding hydrogens is 358 g/mol. The van der Waals surface area contributed by atoms with Gasteiger partial charge in [-0.25, -0.2) is 4.79 Å². The topological polar surface area (TPSA) is 93.5 Å². The van der Waals surface area contributed by atoms with E-state index < -0.39 is 12.1 Å². The van der Waals surface area contributed by atoms with Crippen LogP contribution in [0.1, 0.15) is 23.5 Å². The molecule has 1 aliphatic carbocycles. The second-order valence-electron chi connectivity index (χ2n) is 6.56. The lowest BCUT2D eigenvalue weighted by Crippen LogP contribution is -2.18. The van der Waals surface area contributed by atoms with Gasteiger partial charge in [0.15, 0.2) is 5.82 Å². The van der Waals surface area contributed by atoms with Crippen LogP contribution in [0.15, 0.2) is 60.8 Å². The molecule has 7 heteroatoms. The Balaban J connectivity index is 1.40. The number of nitrogens with one attached hydrogen (secondary N) is 1. The summed E-state index contributed by atoms with van der Waals surface area (Å²) in [5.41, 5.74) is 4.64. The Kier molecular flexibility index (Phi) is 4.80. The maximum absolute atomic E-state index is 12.2. The summed E-state index contributed by atoms with van der Waals surface area (Å²) in [6, 6.07) is 17.9. The zero-order valence-electron chi connectivity index (χ0n) is 15.0. The van der Waals surface area contributed by atoms with Crippen LogP contribution in [0.5, 0.6) is 0 Å². The highest BCUT2D eigenvalue weighted by atomic mass is 16.5. The third-order valence-corrected chi connectivity index (χ3v) is 4.77. The lowest BCUT2D eigenvalue weighted by Gasteiger charge is -2.14. The van der Waals surface area contributed by atoms with E-state index in [1.807, 2.05) is 24.3 Å². The van der Waals surface area contributed by atoms with Crippen LogP contribution in [0.25, 0.3) is 11.1 Å². The van der Waals surface area contributed by atoms with E-state index in [0.29, 0.717) is 5.82 Å². The van der Waals surface area contributed by atoms with E-state index in [9.17, 15) is 9.59 Å². The van der Waals surface area contributed by atoms with Crippen molar-refractivity contribution in [3.8, 4) is 11.1 Å². The molecule has 0 spiro atoms. The smallest absolute Gasteiger partial charge is 0.412 e. The molecule has 4 rings (SSSR count). The molecule has 3 aromatic rings. The Morgan fingerprint density at radius 2 is 1.68 bits per heavy atom. The summed E-state index contributed by atoms with van der Waals surface area (Å²) in [7, 11) is 0. The Labute approximate surface area is 161 Å². The fraction of sp³-hybridized carbons (Fsp3) is 0.190. The van der Waals surface area contributed by atoms with Crippen molar-refractivity contribution >= 4 is 17.9 Å². The summed E-state index contributed by atoms with van der Waals surface area (Å²) in [5.74, 6) is -0.588. The van der Waals surface area contributed by atoms with Crippen LogP contribution >= 0.6 is 0 Å². The molecule has 1 heterocycles. The monoisotopic (exact) mass is 377 g/mol. The zero-order valence-corrected chi connectivity index (χ0v) is 15.0. The second kappa shape index (κ2) is 7.56. The molecule has 1 aliphatic rings. The summed E-state index contributed by atoms with van der Waals surface area (Å²) in [4.78, 5) is 22.8. The van der Waals surface area contributed by atoms with Gasteiger partial charge in [0.05, 0.1) is 13.0 Å². The Morgan fingerprint density at radius 3 is 2.32 bits per heavy atom. The number of carbonyl (C=O) groups excluding carboxylic acids is 1. The summed E-state index contributed by atoms with van der Waals surface area (Å²) in [6.07, 6.45) is 0.985. The van der Waals surface area contributed by atoms with Gasteiger partial charge < -0.3 is 9.84 Å². The minimum absolute atomic E-state index is 0.00808. The lowest BCUT2D eigenvalue weighted by atomic mass is 9.98. The maximum atomic E-state index is 12.2. The molecule has 0 aliphatic heterocycles. The van der Waals surface area contributed by atoms with Crippen LogP contribution < -0.4 is 5.32 Å². The molecule has 28 heavy (non-hydrogen) atoms. The molecule has 1 aromatic heterocycles. The number of benzene rings is 2. The van der Waals surface area contributed by atoms with E-state index in [0.717, 1.165) is 11.1 Å². The number of amides is 1. The van der Waals surface area contributed by atoms with Crippen LogP contribution in [0.4, 0.5) is 10.6 Å². The Bertz CT molecular complexity index is 982. The van der Waals surface area contributed by atoms with Gasteiger partial charge >= 0.3 is 12.1 Å². The van der Waals surface area contributed by atoms with E-state index in [2.05, 4.69) is 34.7 Å². The van der Waals surface area contributed by atoms with Gasteiger partial charge in [0.25, 0.3) is 0 Å². The summed E-state index contributed by atoms with van der Waals surface area (Å²) >= 11 is 0. The van der Waals surface area contributed by atoms with Gasteiger partial charge in [-0.15, -0.1) is 0 Å². The highest BCUT2D eigenvalue weighted by Gasteiger charge is 2.29. The van der Waals surface area contributed by atoms with Gasteiger partial charge in [-0.05, 0) is 22.3 Å². The van der Waals surface area contributed by atoms with Crippen LogP contribution in [-0.4, -0.2) is 33.6 Å². The van der Waals surface area contributed by atoms with Crippen LogP contribution in [-0.2, 0) is 16.1 Å². The minimum Gasteiger partial charge on any atom is -0.481 e. The number of nitrogens with zero attached hydrogens (tertiary/aromatic N) is 2. The van der Waals surface area contributed by atoms with E-state index in [1.54, 1.807) is 12.3 Å². The number of anilines is 1. The number of hydrogen-bond donors (Lipinski definition) is 2. The molecule has 0 fully saturated rings. The number of carbonyl (C=O) groups is 2. The summed E-state index contributed by atoms with van der Waals surface area (Å²) in [5, 5.41) is 15.4.